The van der Waals surface area contributed by atoms with Gasteiger partial charge in [0.1, 0.15) is 17.9 Å². The van der Waals surface area contributed by atoms with Crippen molar-refractivity contribution < 1.29 is 29.7 Å². The lowest BCUT2D eigenvalue weighted by Gasteiger charge is -2.25. The zero-order chi connectivity index (χ0) is 14.3. The number of aliphatic hydroxyl groups excluding tert-OH is 2. The number of nitrogens with zero attached hydrogens (tertiary/aromatic N) is 1. The molecule has 7 nitrogen and oxygen atoms in total. The zero-order valence-electron chi connectivity index (χ0n) is 11.0. The predicted molar refractivity (Wildman–Crippen MR) is 64.3 cm³/mol. The second-order valence-corrected chi connectivity index (χ2v) is 4.27. The number of rotatable bonds is 8. The van der Waals surface area contributed by atoms with Crippen molar-refractivity contribution in [2.75, 3.05) is 13.7 Å². The van der Waals surface area contributed by atoms with E-state index in [2.05, 4.69) is 9.99 Å². The molecule has 0 fully saturated rings. The monoisotopic (exact) mass is 263 g/mol. The molecule has 0 aliphatic rings. The number of oxime groups is 1. The molecule has 7 heteroatoms. The molecule has 0 rings (SSSR count). The van der Waals surface area contributed by atoms with E-state index in [1.165, 1.54) is 14.0 Å². The molecule has 0 aromatic carbocycles. The highest BCUT2D eigenvalue weighted by Crippen LogP contribution is 2.13. The number of hydrogen-bond acceptors (Lipinski definition) is 6. The largest absolute Gasteiger partial charge is 0.479 e. The SMILES string of the molecule is CO[C@H](/C(=N/OCC(=O)O)[C@@H](O)[C@@H](C)O)C(C)C. The summed E-state index contributed by atoms with van der Waals surface area (Å²) in [5, 5.41) is 31.2. The molecule has 3 atom stereocenters. The summed E-state index contributed by atoms with van der Waals surface area (Å²) in [6, 6.07) is 0. The molecule has 106 valence electrons. The summed E-state index contributed by atoms with van der Waals surface area (Å²) in [4.78, 5) is 14.9. The molecule has 0 spiro atoms. The van der Waals surface area contributed by atoms with Gasteiger partial charge < -0.3 is 24.9 Å². The average Bonchev–Trinajstić information content (AvgIpc) is 2.25. The molecule has 0 heterocycles. The molecular weight excluding hydrogens is 242 g/mol. The van der Waals surface area contributed by atoms with Gasteiger partial charge in [-0.05, 0) is 12.8 Å². The van der Waals surface area contributed by atoms with Gasteiger partial charge in [0, 0.05) is 7.11 Å². The fourth-order valence-corrected chi connectivity index (χ4v) is 1.42. The highest BCUT2D eigenvalue weighted by atomic mass is 16.6. The first-order chi connectivity index (χ1) is 8.31. The molecule has 0 bridgehead atoms. The Morgan fingerprint density at radius 2 is 1.83 bits per heavy atom. The summed E-state index contributed by atoms with van der Waals surface area (Å²) in [5.41, 5.74) is 0.0729. The summed E-state index contributed by atoms with van der Waals surface area (Å²) in [5.74, 6) is -1.20. The molecule has 0 aromatic rings. The Kier molecular flexibility index (Phi) is 7.49. The minimum atomic E-state index is -1.27. The highest BCUT2D eigenvalue weighted by Gasteiger charge is 2.29. The molecule has 0 aliphatic heterocycles. The van der Waals surface area contributed by atoms with Gasteiger partial charge in [-0.2, -0.15) is 0 Å². The van der Waals surface area contributed by atoms with Gasteiger partial charge in [0.2, 0.25) is 6.61 Å². The van der Waals surface area contributed by atoms with E-state index < -0.39 is 30.9 Å². The minimum Gasteiger partial charge on any atom is -0.479 e. The van der Waals surface area contributed by atoms with E-state index in [0.29, 0.717) is 0 Å². The molecule has 0 aromatic heterocycles. The molecule has 0 saturated carbocycles. The summed E-state index contributed by atoms with van der Waals surface area (Å²) < 4.78 is 5.17. The van der Waals surface area contributed by atoms with Crippen molar-refractivity contribution in [1.82, 2.24) is 0 Å². The van der Waals surface area contributed by atoms with Crippen LogP contribution in [-0.2, 0) is 14.4 Å². The second-order valence-electron chi connectivity index (χ2n) is 4.27. The minimum absolute atomic E-state index is 0.0180. The number of aliphatic carboxylic acids is 1. The number of aliphatic hydroxyl groups is 2. The molecule has 0 unspecified atom stereocenters. The third-order valence-corrected chi connectivity index (χ3v) is 2.27. The normalized spacial score (nSPS) is 17.4. The van der Waals surface area contributed by atoms with E-state index in [4.69, 9.17) is 9.84 Å². The van der Waals surface area contributed by atoms with Crippen LogP contribution >= 0.6 is 0 Å². The molecule has 0 radical (unpaired) electrons. The molecule has 18 heavy (non-hydrogen) atoms. The van der Waals surface area contributed by atoms with Crippen LogP contribution in [0.25, 0.3) is 0 Å². The van der Waals surface area contributed by atoms with Crippen LogP contribution in [0.5, 0.6) is 0 Å². The van der Waals surface area contributed by atoms with Crippen LogP contribution < -0.4 is 0 Å². The van der Waals surface area contributed by atoms with Crippen LogP contribution in [0.1, 0.15) is 20.8 Å². The van der Waals surface area contributed by atoms with Crippen molar-refractivity contribution >= 4 is 11.7 Å². The Balaban J connectivity index is 4.96. The Bertz CT molecular complexity index is 289. The van der Waals surface area contributed by atoms with E-state index in [1.54, 1.807) is 0 Å². The molecule has 3 N–H and O–H groups in total. The van der Waals surface area contributed by atoms with Crippen molar-refractivity contribution in [3.05, 3.63) is 0 Å². The maximum atomic E-state index is 10.3. The molecule has 0 saturated heterocycles. The van der Waals surface area contributed by atoms with E-state index in [-0.39, 0.29) is 11.6 Å². The first-order valence-corrected chi connectivity index (χ1v) is 5.61. The van der Waals surface area contributed by atoms with Gasteiger partial charge in [-0.1, -0.05) is 19.0 Å². The van der Waals surface area contributed by atoms with Crippen LogP contribution in [-0.4, -0.2) is 59.0 Å². The van der Waals surface area contributed by atoms with Crippen molar-refractivity contribution in [3.63, 3.8) is 0 Å². The summed E-state index contributed by atoms with van der Waals surface area (Å²) in [6.07, 6.45) is -2.90. The molecule has 0 aliphatic carbocycles. The van der Waals surface area contributed by atoms with Crippen LogP contribution in [0.3, 0.4) is 0 Å². The third kappa shape index (κ3) is 5.44. The lowest BCUT2D eigenvalue weighted by atomic mass is 9.96. The summed E-state index contributed by atoms with van der Waals surface area (Å²) in [7, 11) is 1.44. The fraction of sp³-hybridized carbons (Fsp3) is 0.818. The van der Waals surface area contributed by atoms with Crippen LogP contribution in [0, 0.1) is 5.92 Å². The zero-order valence-corrected chi connectivity index (χ0v) is 11.0. The van der Waals surface area contributed by atoms with E-state index in [1.807, 2.05) is 13.8 Å². The number of hydrogen-bond donors (Lipinski definition) is 3. The maximum absolute atomic E-state index is 10.3. The predicted octanol–water partition coefficient (Wildman–Crippen LogP) is -0.144. The highest BCUT2D eigenvalue weighted by molar-refractivity contribution is 5.93. The lowest BCUT2D eigenvalue weighted by molar-refractivity contribution is -0.142. The maximum Gasteiger partial charge on any atom is 0.344 e. The van der Waals surface area contributed by atoms with Gasteiger partial charge in [0.25, 0.3) is 0 Å². The third-order valence-electron chi connectivity index (χ3n) is 2.27. The average molecular weight is 263 g/mol. The first kappa shape index (κ1) is 16.8. The first-order valence-electron chi connectivity index (χ1n) is 5.61. The van der Waals surface area contributed by atoms with E-state index >= 15 is 0 Å². The number of carbonyl (C=O) groups is 1. The molecular formula is C11H21NO6. The van der Waals surface area contributed by atoms with Crippen LogP contribution in [0.4, 0.5) is 0 Å². The topological polar surface area (TPSA) is 109 Å². The van der Waals surface area contributed by atoms with Crippen LogP contribution in [0.2, 0.25) is 0 Å². The Morgan fingerprint density at radius 1 is 1.28 bits per heavy atom. The van der Waals surface area contributed by atoms with Crippen molar-refractivity contribution in [3.8, 4) is 0 Å². The van der Waals surface area contributed by atoms with Crippen molar-refractivity contribution in [1.29, 1.82) is 0 Å². The molecule has 0 amide bonds. The Labute approximate surface area is 106 Å². The van der Waals surface area contributed by atoms with E-state index in [0.717, 1.165) is 0 Å². The van der Waals surface area contributed by atoms with Gasteiger partial charge in [-0.3, -0.25) is 0 Å². The second kappa shape index (κ2) is 8.02. The standard InChI is InChI=1S/C11H21NO6/c1-6(2)11(17-4)9(10(16)7(3)13)12-18-5-8(14)15/h6-7,10-11,13,16H,5H2,1-4H3,(H,14,15)/b12-9+/t7-,10+,11+/m1/s1. The quantitative estimate of drug-likeness (QED) is 0.415. The van der Waals surface area contributed by atoms with E-state index in [9.17, 15) is 15.0 Å². The number of methoxy groups -OCH3 is 1. The number of carboxylic acids is 1. The van der Waals surface area contributed by atoms with Crippen LogP contribution in [0.15, 0.2) is 5.16 Å². The fourth-order valence-electron chi connectivity index (χ4n) is 1.42. The summed E-state index contributed by atoms with van der Waals surface area (Å²) >= 11 is 0. The Morgan fingerprint density at radius 3 is 2.17 bits per heavy atom. The van der Waals surface area contributed by atoms with Gasteiger partial charge >= 0.3 is 5.97 Å². The van der Waals surface area contributed by atoms with Crippen molar-refractivity contribution in [2.24, 2.45) is 11.1 Å². The smallest absolute Gasteiger partial charge is 0.344 e. The van der Waals surface area contributed by atoms with Crippen molar-refractivity contribution in [2.45, 2.75) is 39.1 Å². The number of carboxylic acid groups (broad SMARTS) is 1. The summed E-state index contributed by atoms with van der Waals surface area (Å²) in [6.45, 7) is 4.46. The van der Waals surface area contributed by atoms with Gasteiger partial charge in [-0.25, -0.2) is 4.79 Å². The Hall–Kier alpha value is -1.18. The van der Waals surface area contributed by atoms with Gasteiger partial charge in [0.05, 0.1) is 6.10 Å². The number of ether oxygens (including phenoxy) is 1. The van der Waals surface area contributed by atoms with Gasteiger partial charge in [0.15, 0.2) is 0 Å². The van der Waals surface area contributed by atoms with Gasteiger partial charge in [-0.15, -0.1) is 0 Å². The lowest BCUT2D eigenvalue weighted by Crippen LogP contribution is -2.42.